The summed E-state index contributed by atoms with van der Waals surface area (Å²) in [7, 11) is 1.83. The molecule has 1 aliphatic rings. The summed E-state index contributed by atoms with van der Waals surface area (Å²) >= 11 is 0. The highest BCUT2D eigenvalue weighted by atomic mass is 16.2. The van der Waals surface area contributed by atoms with Gasteiger partial charge < -0.3 is 14.7 Å². The van der Waals surface area contributed by atoms with Crippen LogP contribution >= 0.6 is 0 Å². The molecule has 1 fully saturated rings. The summed E-state index contributed by atoms with van der Waals surface area (Å²) in [6.45, 7) is 6.85. The molecule has 8 heteroatoms. The van der Waals surface area contributed by atoms with Crippen LogP contribution in [0.1, 0.15) is 13.8 Å². The highest BCUT2D eigenvalue weighted by molar-refractivity contribution is 5.74. The Kier molecular flexibility index (Phi) is 3.63. The first kappa shape index (κ1) is 12.6. The van der Waals surface area contributed by atoms with E-state index in [1.54, 1.807) is 4.90 Å². The van der Waals surface area contributed by atoms with E-state index in [9.17, 15) is 4.79 Å². The minimum Gasteiger partial charge on any atom is -0.335 e. The summed E-state index contributed by atoms with van der Waals surface area (Å²) < 4.78 is 0. The Bertz CT molecular complexity index is 383. The number of hydrogen-bond acceptors (Lipinski definition) is 5. The molecule has 0 radical (unpaired) electrons. The summed E-state index contributed by atoms with van der Waals surface area (Å²) in [5.41, 5.74) is 0. The maximum absolute atomic E-state index is 12.1. The van der Waals surface area contributed by atoms with Gasteiger partial charge in [-0.2, -0.15) is 5.21 Å². The van der Waals surface area contributed by atoms with Crippen molar-refractivity contribution in [1.29, 1.82) is 0 Å². The van der Waals surface area contributed by atoms with E-state index in [4.69, 9.17) is 0 Å². The maximum atomic E-state index is 12.1. The molecular formula is C10H19N7O. The fraction of sp³-hybridized carbons (Fsp3) is 0.800. The van der Waals surface area contributed by atoms with E-state index >= 15 is 0 Å². The van der Waals surface area contributed by atoms with E-state index in [0.717, 1.165) is 13.1 Å². The van der Waals surface area contributed by atoms with Crippen LogP contribution in [0.5, 0.6) is 0 Å². The number of amides is 2. The maximum Gasteiger partial charge on any atom is 0.320 e. The van der Waals surface area contributed by atoms with Gasteiger partial charge in [-0.3, -0.25) is 0 Å². The van der Waals surface area contributed by atoms with Gasteiger partial charge in [0.05, 0.1) is 0 Å². The zero-order chi connectivity index (χ0) is 13.1. The second-order valence-electron chi connectivity index (χ2n) is 4.67. The molecule has 1 saturated heterocycles. The van der Waals surface area contributed by atoms with Crippen molar-refractivity contribution in [1.82, 2.24) is 30.4 Å². The number of aromatic nitrogens is 4. The Labute approximate surface area is 106 Å². The van der Waals surface area contributed by atoms with E-state index in [1.165, 1.54) is 0 Å². The van der Waals surface area contributed by atoms with Gasteiger partial charge in [0.25, 0.3) is 5.95 Å². The molecule has 1 aromatic heterocycles. The predicted molar refractivity (Wildman–Crippen MR) is 66.3 cm³/mol. The Hall–Kier alpha value is -1.86. The Morgan fingerprint density at radius 3 is 2.50 bits per heavy atom. The number of nitrogens with one attached hydrogen (secondary N) is 1. The van der Waals surface area contributed by atoms with Crippen LogP contribution < -0.4 is 4.90 Å². The van der Waals surface area contributed by atoms with E-state index < -0.39 is 0 Å². The summed E-state index contributed by atoms with van der Waals surface area (Å²) in [6, 6.07) is 0.297. The van der Waals surface area contributed by atoms with Crippen LogP contribution in [0.4, 0.5) is 10.7 Å². The SMILES string of the molecule is CC(C)N(C)C(=O)N1CCN(c2nn[nH]n2)CC1. The first-order valence-corrected chi connectivity index (χ1v) is 6.09. The third-order valence-corrected chi connectivity index (χ3v) is 3.24. The van der Waals surface area contributed by atoms with Crippen molar-refractivity contribution in [3.05, 3.63) is 0 Å². The van der Waals surface area contributed by atoms with Crippen LogP contribution in [0.3, 0.4) is 0 Å². The fourth-order valence-electron chi connectivity index (χ4n) is 1.83. The normalized spacial score (nSPS) is 16.2. The topological polar surface area (TPSA) is 81.3 Å². The smallest absolute Gasteiger partial charge is 0.320 e. The molecule has 0 aliphatic carbocycles. The molecule has 2 rings (SSSR count). The Balaban J connectivity index is 1.89. The van der Waals surface area contributed by atoms with Gasteiger partial charge in [-0.1, -0.05) is 5.10 Å². The fourth-order valence-corrected chi connectivity index (χ4v) is 1.83. The standard InChI is InChI=1S/C10H19N7O/c1-8(2)15(3)10(18)17-6-4-16(5-7-17)9-11-13-14-12-9/h8H,4-7H2,1-3H3,(H,11,12,13,14). The second kappa shape index (κ2) is 5.19. The molecule has 0 spiro atoms. The number of carbonyl (C=O) groups is 1. The van der Waals surface area contributed by atoms with Gasteiger partial charge >= 0.3 is 6.03 Å². The highest BCUT2D eigenvalue weighted by Crippen LogP contribution is 2.10. The predicted octanol–water partition coefficient (Wildman–Crippen LogP) is -0.218. The zero-order valence-electron chi connectivity index (χ0n) is 11.0. The molecule has 8 nitrogen and oxygen atoms in total. The molecule has 0 saturated carbocycles. The van der Waals surface area contributed by atoms with Crippen molar-refractivity contribution in [2.45, 2.75) is 19.9 Å². The molecular weight excluding hydrogens is 234 g/mol. The zero-order valence-corrected chi connectivity index (χ0v) is 11.0. The molecule has 2 amide bonds. The summed E-state index contributed by atoms with van der Waals surface area (Å²) in [5.74, 6) is 0.597. The van der Waals surface area contributed by atoms with Gasteiger partial charge in [0.1, 0.15) is 0 Å². The van der Waals surface area contributed by atoms with Gasteiger partial charge in [-0.15, -0.1) is 5.10 Å². The number of anilines is 1. The molecule has 1 aliphatic heterocycles. The Morgan fingerprint density at radius 2 is 2.00 bits per heavy atom. The number of piperazine rings is 1. The lowest BCUT2D eigenvalue weighted by Gasteiger charge is -2.37. The minimum atomic E-state index is 0.0813. The monoisotopic (exact) mass is 253 g/mol. The molecule has 1 aromatic rings. The van der Waals surface area contributed by atoms with Crippen LogP contribution in [0.2, 0.25) is 0 Å². The third kappa shape index (κ3) is 2.52. The average Bonchev–Trinajstić information content (AvgIpc) is 2.91. The van der Waals surface area contributed by atoms with Crippen LogP contribution in [0.25, 0.3) is 0 Å². The van der Waals surface area contributed by atoms with Gasteiger partial charge in [-0.05, 0) is 19.1 Å². The van der Waals surface area contributed by atoms with E-state index in [1.807, 2.05) is 30.7 Å². The lowest BCUT2D eigenvalue weighted by molar-refractivity contribution is 0.149. The summed E-state index contributed by atoms with van der Waals surface area (Å²) in [5, 5.41) is 13.8. The van der Waals surface area contributed by atoms with Crippen molar-refractivity contribution in [3.8, 4) is 0 Å². The van der Waals surface area contributed by atoms with Gasteiger partial charge in [-0.25, -0.2) is 4.79 Å². The van der Waals surface area contributed by atoms with Crippen molar-refractivity contribution in [2.75, 3.05) is 38.1 Å². The number of rotatable bonds is 2. The Morgan fingerprint density at radius 1 is 1.33 bits per heavy atom. The number of urea groups is 1. The number of aromatic amines is 1. The molecule has 100 valence electrons. The van der Waals surface area contributed by atoms with E-state index in [0.29, 0.717) is 19.0 Å². The molecule has 0 atom stereocenters. The lowest BCUT2D eigenvalue weighted by Crippen LogP contribution is -2.53. The van der Waals surface area contributed by atoms with Crippen molar-refractivity contribution < 1.29 is 4.79 Å². The van der Waals surface area contributed by atoms with E-state index in [-0.39, 0.29) is 12.1 Å². The quantitative estimate of drug-likeness (QED) is 0.788. The molecule has 0 aromatic carbocycles. The number of H-pyrrole nitrogens is 1. The lowest BCUT2D eigenvalue weighted by atomic mass is 10.3. The van der Waals surface area contributed by atoms with Crippen LogP contribution in [0.15, 0.2) is 0 Å². The van der Waals surface area contributed by atoms with E-state index in [2.05, 4.69) is 20.6 Å². The number of carbonyl (C=O) groups excluding carboxylic acids is 1. The highest BCUT2D eigenvalue weighted by Gasteiger charge is 2.25. The van der Waals surface area contributed by atoms with Crippen LogP contribution in [0, 0.1) is 0 Å². The summed E-state index contributed by atoms with van der Waals surface area (Å²) in [4.78, 5) is 17.7. The second-order valence-corrected chi connectivity index (χ2v) is 4.67. The van der Waals surface area contributed by atoms with Crippen molar-refractivity contribution >= 4 is 12.0 Å². The molecule has 1 N–H and O–H groups in total. The molecule has 18 heavy (non-hydrogen) atoms. The third-order valence-electron chi connectivity index (χ3n) is 3.24. The number of nitrogens with zero attached hydrogens (tertiary/aromatic N) is 6. The van der Waals surface area contributed by atoms with Crippen LogP contribution in [-0.4, -0.2) is 75.7 Å². The van der Waals surface area contributed by atoms with Crippen molar-refractivity contribution in [3.63, 3.8) is 0 Å². The largest absolute Gasteiger partial charge is 0.335 e. The van der Waals surface area contributed by atoms with Gasteiger partial charge in [0.15, 0.2) is 0 Å². The molecule has 0 unspecified atom stereocenters. The number of hydrogen-bond donors (Lipinski definition) is 1. The van der Waals surface area contributed by atoms with Gasteiger partial charge in [0.2, 0.25) is 0 Å². The molecule has 0 bridgehead atoms. The molecule has 2 heterocycles. The average molecular weight is 253 g/mol. The summed E-state index contributed by atoms with van der Waals surface area (Å²) in [6.07, 6.45) is 0. The van der Waals surface area contributed by atoms with Crippen molar-refractivity contribution in [2.24, 2.45) is 0 Å². The van der Waals surface area contributed by atoms with Crippen LogP contribution in [-0.2, 0) is 0 Å². The van der Waals surface area contributed by atoms with Gasteiger partial charge in [0, 0.05) is 39.3 Å². The number of tetrazole rings is 1. The first-order chi connectivity index (χ1) is 8.59. The first-order valence-electron chi connectivity index (χ1n) is 6.09. The minimum absolute atomic E-state index is 0.0813.